The number of rotatable bonds is 5. The van der Waals surface area contributed by atoms with E-state index in [1.165, 1.54) is 0 Å². The highest BCUT2D eigenvalue weighted by Crippen LogP contribution is 2.24. The quantitative estimate of drug-likeness (QED) is 0.354. The molecule has 2 rings (SSSR count). The van der Waals surface area contributed by atoms with Gasteiger partial charge in [0.05, 0.1) is 5.92 Å². The standard InChI is InChI=1S/C16H17BNO4/c1-3-10-4-5-11(17-22)8-13(10)15(20)9(2)12-6-7-14(19)18-16(12)21/h4-5,8,12,22H,2-3,6-7H2,1H3,(H,18,19,21). The van der Waals surface area contributed by atoms with Crippen LogP contribution in [0.3, 0.4) is 0 Å². The summed E-state index contributed by atoms with van der Waals surface area (Å²) in [6.07, 6.45) is 1.14. The van der Waals surface area contributed by atoms with Crippen molar-refractivity contribution in [2.24, 2.45) is 5.92 Å². The van der Waals surface area contributed by atoms with Crippen molar-refractivity contribution in [3.8, 4) is 0 Å². The van der Waals surface area contributed by atoms with E-state index in [1.54, 1.807) is 18.2 Å². The minimum Gasteiger partial charge on any atom is -0.450 e. The Morgan fingerprint density at radius 1 is 1.45 bits per heavy atom. The monoisotopic (exact) mass is 298 g/mol. The molecule has 1 aromatic rings. The van der Waals surface area contributed by atoms with Gasteiger partial charge in [-0.1, -0.05) is 37.2 Å². The molecule has 1 aromatic carbocycles. The molecule has 1 fully saturated rings. The van der Waals surface area contributed by atoms with Gasteiger partial charge in [0.15, 0.2) is 5.78 Å². The number of piperidine rings is 1. The number of carbonyl (C=O) groups is 3. The van der Waals surface area contributed by atoms with Crippen molar-refractivity contribution in [1.29, 1.82) is 0 Å². The highest BCUT2D eigenvalue weighted by molar-refractivity contribution is 6.45. The van der Waals surface area contributed by atoms with E-state index in [0.29, 0.717) is 23.9 Å². The predicted octanol–water partition coefficient (Wildman–Crippen LogP) is 0.277. The van der Waals surface area contributed by atoms with Gasteiger partial charge < -0.3 is 5.02 Å². The summed E-state index contributed by atoms with van der Waals surface area (Å²) in [5.41, 5.74) is 1.94. The lowest BCUT2D eigenvalue weighted by atomic mass is 9.81. The van der Waals surface area contributed by atoms with E-state index in [-0.39, 0.29) is 23.7 Å². The van der Waals surface area contributed by atoms with Crippen molar-refractivity contribution in [3.63, 3.8) is 0 Å². The fourth-order valence-corrected chi connectivity index (χ4v) is 2.55. The van der Waals surface area contributed by atoms with Crippen molar-refractivity contribution in [2.45, 2.75) is 26.2 Å². The Bertz CT molecular complexity index is 654. The zero-order valence-corrected chi connectivity index (χ0v) is 12.4. The minimum absolute atomic E-state index is 0.176. The van der Waals surface area contributed by atoms with Crippen LogP contribution in [0.1, 0.15) is 35.7 Å². The second-order valence-corrected chi connectivity index (χ2v) is 5.26. The van der Waals surface area contributed by atoms with Crippen LogP contribution in [0.25, 0.3) is 0 Å². The van der Waals surface area contributed by atoms with Gasteiger partial charge >= 0.3 is 7.48 Å². The third-order valence-corrected chi connectivity index (χ3v) is 3.86. The molecule has 2 N–H and O–H groups in total. The highest BCUT2D eigenvalue weighted by atomic mass is 16.2. The molecular weight excluding hydrogens is 281 g/mol. The van der Waals surface area contributed by atoms with Gasteiger partial charge in [0, 0.05) is 17.6 Å². The molecule has 2 amide bonds. The number of amides is 2. The topological polar surface area (TPSA) is 83.5 Å². The van der Waals surface area contributed by atoms with Crippen LogP contribution in [-0.2, 0) is 16.0 Å². The molecule has 22 heavy (non-hydrogen) atoms. The summed E-state index contributed by atoms with van der Waals surface area (Å²) in [4.78, 5) is 35.7. The summed E-state index contributed by atoms with van der Waals surface area (Å²) < 4.78 is 0. The number of hydrogen-bond donors (Lipinski definition) is 2. The molecule has 1 aliphatic rings. The number of Topliss-reactive ketones (excluding diaryl/α,β-unsaturated/α-hetero) is 1. The molecule has 0 spiro atoms. The Kier molecular flexibility index (Phi) is 4.93. The fourth-order valence-electron chi connectivity index (χ4n) is 2.55. The summed E-state index contributed by atoms with van der Waals surface area (Å²) in [6.45, 7) is 5.69. The maximum absolute atomic E-state index is 12.7. The maximum Gasteiger partial charge on any atom is 0.326 e. The molecule has 1 saturated heterocycles. The predicted molar refractivity (Wildman–Crippen MR) is 82.8 cm³/mol. The zero-order valence-electron chi connectivity index (χ0n) is 12.4. The second-order valence-electron chi connectivity index (χ2n) is 5.26. The molecule has 5 nitrogen and oxygen atoms in total. The molecule has 1 atom stereocenters. The van der Waals surface area contributed by atoms with Crippen LogP contribution < -0.4 is 10.8 Å². The first kappa shape index (κ1) is 16.2. The summed E-state index contributed by atoms with van der Waals surface area (Å²) in [5, 5.41) is 11.3. The number of aryl methyl sites for hydroxylation is 1. The molecule has 6 heteroatoms. The Balaban J connectivity index is 2.29. The molecule has 113 valence electrons. The molecule has 1 radical (unpaired) electrons. The van der Waals surface area contributed by atoms with Crippen LogP contribution in [-0.4, -0.2) is 30.1 Å². The third kappa shape index (κ3) is 3.17. The van der Waals surface area contributed by atoms with Gasteiger partial charge in [0.2, 0.25) is 11.8 Å². The van der Waals surface area contributed by atoms with Gasteiger partial charge in [-0.2, -0.15) is 0 Å². The summed E-state index contributed by atoms with van der Waals surface area (Å²) in [7, 11) is 0.922. The van der Waals surface area contributed by atoms with Gasteiger partial charge in [0.25, 0.3) is 0 Å². The first-order valence-electron chi connectivity index (χ1n) is 7.15. The van der Waals surface area contributed by atoms with Crippen molar-refractivity contribution >= 4 is 30.5 Å². The average Bonchev–Trinajstić information content (AvgIpc) is 2.53. The molecule has 1 aliphatic heterocycles. The van der Waals surface area contributed by atoms with E-state index >= 15 is 0 Å². The van der Waals surface area contributed by atoms with Crippen LogP contribution >= 0.6 is 0 Å². The van der Waals surface area contributed by atoms with Crippen LogP contribution in [0.15, 0.2) is 30.4 Å². The number of ketones is 1. The minimum atomic E-state index is -0.684. The lowest BCUT2D eigenvalue weighted by Crippen LogP contribution is -2.42. The summed E-state index contributed by atoms with van der Waals surface area (Å²) >= 11 is 0. The van der Waals surface area contributed by atoms with E-state index < -0.39 is 11.8 Å². The van der Waals surface area contributed by atoms with Gasteiger partial charge in [-0.15, -0.1) is 0 Å². The van der Waals surface area contributed by atoms with Crippen LogP contribution in [0.4, 0.5) is 0 Å². The van der Waals surface area contributed by atoms with Crippen molar-refractivity contribution in [1.82, 2.24) is 5.32 Å². The van der Waals surface area contributed by atoms with E-state index in [4.69, 9.17) is 5.02 Å². The zero-order chi connectivity index (χ0) is 16.3. The largest absolute Gasteiger partial charge is 0.450 e. The SMILES string of the molecule is C=C(C(=O)c1cc([B]O)ccc1CC)C1CCC(=O)NC1=O. The Morgan fingerprint density at radius 2 is 2.18 bits per heavy atom. The maximum atomic E-state index is 12.7. The van der Waals surface area contributed by atoms with Crippen molar-refractivity contribution in [3.05, 3.63) is 41.5 Å². The number of nitrogens with one attached hydrogen (secondary N) is 1. The van der Waals surface area contributed by atoms with E-state index in [9.17, 15) is 14.4 Å². The van der Waals surface area contributed by atoms with E-state index in [0.717, 1.165) is 13.0 Å². The number of hydrogen-bond acceptors (Lipinski definition) is 4. The van der Waals surface area contributed by atoms with Gasteiger partial charge in [0.1, 0.15) is 0 Å². The first-order valence-corrected chi connectivity index (χ1v) is 7.15. The van der Waals surface area contributed by atoms with E-state index in [1.807, 2.05) is 6.92 Å². The van der Waals surface area contributed by atoms with Crippen molar-refractivity contribution < 1.29 is 19.4 Å². The van der Waals surface area contributed by atoms with Gasteiger partial charge in [-0.3, -0.25) is 19.7 Å². The lowest BCUT2D eigenvalue weighted by Gasteiger charge is -2.22. The normalized spacial score (nSPS) is 17.8. The molecule has 0 aliphatic carbocycles. The fraction of sp³-hybridized carbons (Fsp3) is 0.312. The number of imide groups is 1. The average molecular weight is 298 g/mol. The third-order valence-electron chi connectivity index (χ3n) is 3.86. The Hall–Kier alpha value is -2.21. The Labute approximate surface area is 129 Å². The smallest absolute Gasteiger partial charge is 0.326 e. The van der Waals surface area contributed by atoms with Gasteiger partial charge in [-0.25, -0.2) is 0 Å². The molecule has 0 saturated carbocycles. The first-order chi connectivity index (χ1) is 10.5. The number of carbonyl (C=O) groups excluding carboxylic acids is 3. The van der Waals surface area contributed by atoms with Gasteiger partial charge in [-0.05, 0) is 18.4 Å². The molecular formula is C16H17BNO4. The second kappa shape index (κ2) is 6.70. The number of benzene rings is 1. The molecule has 1 heterocycles. The summed E-state index contributed by atoms with van der Waals surface area (Å²) in [5.74, 6) is -1.81. The highest BCUT2D eigenvalue weighted by Gasteiger charge is 2.32. The van der Waals surface area contributed by atoms with Crippen LogP contribution in [0.5, 0.6) is 0 Å². The Morgan fingerprint density at radius 3 is 2.77 bits per heavy atom. The summed E-state index contributed by atoms with van der Waals surface area (Å²) in [6, 6.07) is 5.07. The molecule has 1 unspecified atom stereocenters. The van der Waals surface area contributed by atoms with Crippen molar-refractivity contribution in [2.75, 3.05) is 0 Å². The molecule has 0 aromatic heterocycles. The lowest BCUT2D eigenvalue weighted by molar-refractivity contribution is -0.135. The van der Waals surface area contributed by atoms with Crippen LogP contribution in [0.2, 0.25) is 0 Å². The van der Waals surface area contributed by atoms with Crippen LogP contribution in [0, 0.1) is 5.92 Å². The molecule has 0 bridgehead atoms. The van der Waals surface area contributed by atoms with E-state index in [2.05, 4.69) is 11.9 Å².